The molecule has 1 aliphatic rings. The van der Waals surface area contributed by atoms with Gasteiger partial charge in [-0.25, -0.2) is 4.90 Å². The molecule has 1 heterocycles. The van der Waals surface area contributed by atoms with E-state index in [1.54, 1.807) is 12.1 Å². The summed E-state index contributed by atoms with van der Waals surface area (Å²) >= 11 is 1.39. The fourth-order valence-electron chi connectivity index (χ4n) is 2.49. The van der Waals surface area contributed by atoms with Crippen LogP contribution in [0.5, 0.6) is 0 Å². The largest absolute Gasteiger partial charge is 0.399 e. The van der Waals surface area contributed by atoms with Crippen molar-refractivity contribution >= 4 is 35.0 Å². The number of carbonyl (C=O) groups is 2. The monoisotopic (exact) mass is 312 g/mol. The van der Waals surface area contributed by atoms with E-state index in [4.69, 9.17) is 5.73 Å². The van der Waals surface area contributed by atoms with E-state index in [1.165, 1.54) is 16.7 Å². The molecule has 0 aromatic heterocycles. The molecule has 4 nitrogen and oxygen atoms in total. The summed E-state index contributed by atoms with van der Waals surface area (Å²) in [6.07, 6.45) is 0.215. The second-order valence-electron chi connectivity index (χ2n) is 5.29. The zero-order chi connectivity index (χ0) is 15.7. The first kappa shape index (κ1) is 14.7. The van der Waals surface area contributed by atoms with Crippen LogP contribution < -0.4 is 10.6 Å². The third-order valence-electron chi connectivity index (χ3n) is 3.50. The lowest BCUT2D eigenvalue weighted by Gasteiger charge is -2.15. The Morgan fingerprint density at radius 2 is 1.91 bits per heavy atom. The lowest BCUT2D eigenvalue weighted by molar-refractivity contribution is -0.121. The summed E-state index contributed by atoms with van der Waals surface area (Å²) in [5.41, 5.74) is 8.07. The summed E-state index contributed by atoms with van der Waals surface area (Å²) in [5.74, 6) is -0.319. The zero-order valence-electron chi connectivity index (χ0n) is 12.2. The molecule has 5 heteroatoms. The quantitative estimate of drug-likeness (QED) is 0.699. The Morgan fingerprint density at radius 3 is 2.64 bits per heavy atom. The van der Waals surface area contributed by atoms with Gasteiger partial charge in [-0.15, -0.1) is 11.8 Å². The number of nitrogens with zero attached hydrogens (tertiary/aromatic N) is 1. The molecule has 0 radical (unpaired) electrons. The van der Waals surface area contributed by atoms with Crippen molar-refractivity contribution in [1.82, 2.24) is 0 Å². The number of nitrogens with two attached hydrogens (primary N) is 1. The third kappa shape index (κ3) is 2.85. The molecule has 2 N–H and O–H groups in total. The van der Waals surface area contributed by atoms with Crippen LogP contribution in [0.1, 0.15) is 12.0 Å². The fraction of sp³-hybridized carbons (Fsp3) is 0.176. The van der Waals surface area contributed by atoms with Crippen LogP contribution in [0, 0.1) is 6.92 Å². The maximum atomic E-state index is 12.6. The van der Waals surface area contributed by atoms with Crippen molar-refractivity contribution in [2.45, 2.75) is 23.5 Å². The minimum absolute atomic E-state index is 0.156. The van der Waals surface area contributed by atoms with Crippen molar-refractivity contribution in [1.29, 1.82) is 0 Å². The van der Waals surface area contributed by atoms with Crippen LogP contribution in [0.2, 0.25) is 0 Å². The highest BCUT2D eigenvalue weighted by Gasteiger charge is 2.40. The summed E-state index contributed by atoms with van der Waals surface area (Å²) < 4.78 is 0. The number of hydrogen-bond donors (Lipinski definition) is 1. The second kappa shape index (κ2) is 5.85. The Bertz CT molecular complexity index is 745. The van der Waals surface area contributed by atoms with Gasteiger partial charge in [-0.2, -0.15) is 0 Å². The highest BCUT2D eigenvalue weighted by atomic mass is 32.2. The van der Waals surface area contributed by atoms with E-state index < -0.39 is 5.25 Å². The minimum atomic E-state index is -0.394. The summed E-state index contributed by atoms with van der Waals surface area (Å²) in [6.45, 7) is 1.94. The average molecular weight is 312 g/mol. The Kier molecular flexibility index (Phi) is 3.90. The van der Waals surface area contributed by atoms with Crippen LogP contribution in [0.4, 0.5) is 11.4 Å². The first-order chi connectivity index (χ1) is 10.5. The Hall–Kier alpha value is -2.27. The Balaban J connectivity index is 1.82. The van der Waals surface area contributed by atoms with Crippen LogP contribution in [0.25, 0.3) is 0 Å². The maximum Gasteiger partial charge on any atom is 0.247 e. The molecule has 112 valence electrons. The van der Waals surface area contributed by atoms with Gasteiger partial charge in [0.15, 0.2) is 0 Å². The zero-order valence-corrected chi connectivity index (χ0v) is 13.0. The molecule has 0 aliphatic carbocycles. The first-order valence-electron chi connectivity index (χ1n) is 7.00. The van der Waals surface area contributed by atoms with Gasteiger partial charge in [0.2, 0.25) is 11.8 Å². The maximum absolute atomic E-state index is 12.6. The minimum Gasteiger partial charge on any atom is -0.399 e. The molecule has 1 fully saturated rings. The predicted molar refractivity (Wildman–Crippen MR) is 88.8 cm³/mol. The van der Waals surface area contributed by atoms with Crippen LogP contribution >= 0.6 is 11.8 Å². The summed E-state index contributed by atoms with van der Waals surface area (Å²) in [7, 11) is 0. The van der Waals surface area contributed by atoms with Gasteiger partial charge in [-0.05, 0) is 42.8 Å². The van der Waals surface area contributed by atoms with Gasteiger partial charge in [-0.3, -0.25) is 9.59 Å². The number of imide groups is 1. The fourth-order valence-corrected chi connectivity index (χ4v) is 3.61. The predicted octanol–water partition coefficient (Wildman–Crippen LogP) is 3.00. The second-order valence-corrected chi connectivity index (χ2v) is 6.57. The van der Waals surface area contributed by atoms with E-state index >= 15 is 0 Å². The van der Waals surface area contributed by atoms with E-state index in [0.29, 0.717) is 11.4 Å². The first-order valence-corrected chi connectivity index (χ1v) is 7.88. The van der Waals surface area contributed by atoms with Gasteiger partial charge in [0.25, 0.3) is 0 Å². The summed E-state index contributed by atoms with van der Waals surface area (Å²) in [4.78, 5) is 27.0. The Labute approximate surface area is 133 Å². The SMILES string of the molecule is Cc1cccc(N2C(=O)C[C@H](Sc3cccc(N)c3)C2=O)c1. The smallest absolute Gasteiger partial charge is 0.247 e. The highest BCUT2D eigenvalue weighted by molar-refractivity contribution is 8.00. The third-order valence-corrected chi connectivity index (χ3v) is 4.68. The molecule has 2 aromatic carbocycles. The molecule has 1 saturated heterocycles. The number of aryl methyl sites for hydroxylation is 1. The topological polar surface area (TPSA) is 63.4 Å². The number of rotatable bonds is 3. The van der Waals surface area contributed by atoms with Crippen LogP contribution in [-0.4, -0.2) is 17.1 Å². The van der Waals surface area contributed by atoms with Crippen molar-refractivity contribution in [3.8, 4) is 0 Å². The standard InChI is InChI=1S/C17H16N2O2S/c1-11-4-2-6-13(8-11)19-16(20)10-15(17(19)21)22-14-7-3-5-12(18)9-14/h2-9,15H,10,18H2,1H3/t15-/m0/s1. The molecule has 0 unspecified atom stereocenters. The van der Waals surface area contributed by atoms with Crippen molar-refractivity contribution in [3.05, 3.63) is 54.1 Å². The van der Waals surface area contributed by atoms with Crippen molar-refractivity contribution < 1.29 is 9.59 Å². The van der Waals surface area contributed by atoms with Gasteiger partial charge in [-0.1, -0.05) is 18.2 Å². The Morgan fingerprint density at radius 1 is 1.14 bits per heavy atom. The molecule has 0 saturated carbocycles. The van der Waals surface area contributed by atoms with Crippen molar-refractivity contribution in [3.63, 3.8) is 0 Å². The summed E-state index contributed by atoms with van der Waals surface area (Å²) in [6, 6.07) is 14.8. The lowest BCUT2D eigenvalue weighted by atomic mass is 10.2. The normalized spacial score (nSPS) is 18.0. The molecule has 3 rings (SSSR count). The van der Waals surface area contributed by atoms with E-state index in [1.807, 2.05) is 43.3 Å². The van der Waals surface area contributed by atoms with Gasteiger partial charge in [0.05, 0.1) is 10.9 Å². The molecular weight excluding hydrogens is 296 g/mol. The van der Waals surface area contributed by atoms with E-state index in [9.17, 15) is 9.59 Å². The highest BCUT2D eigenvalue weighted by Crippen LogP contribution is 2.34. The van der Waals surface area contributed by atoms with Crippen LogP contribution in [0.3, 0.4) is 0 Å². The molecule has 0 bridgehead atoms. The van der Waals surface area contributed by atoms with Gasteiger partial charge < -0.3 is 5.73 Å². The number of thioether (sulfide) groups is 1. The molecule has 1 aliphatic heterocycles. The molecule has 0 spiro atoms. The van der Waals surface area contributed by atoms with E-state index in [0.717, 1.165) is 10.5 Å². The molecule has 2 aromatic rings. The van der Waals surface area contributed by atoms with Crippen LogP contribution in [0.15, 0.2) is 53.4 Å². The lowest BCUT2D eigenvalue weighted by Crippen LogP contribution is -2.31. The number of carbonyl (C=O) groups excluding carboxylic acids is 2. The number of anilines is 2. The van der Waals surface area contributed by atoms with Gasteiger partial charge in [0, 0.05) is 17.0 Å². The van der Waals surface area contributed by atoms with Gasteiger partial charge in [0.1, 0.15) is 0 Å². The number of nitrogen functional groups attached to an aromatic ring is 1. The van der Waals surface area contributed by atoms with Crippen molar-refractivity contribution in [2.75, 3.05) is 10.6 Å². The molecular formula is C17H16N2O2S. The van der Waals surface area contributed by atoms with Crippen LogP contribution in [-0.2, 0) is 9.59 Å². The molecule has 1 atom stereocenters. The van der Waals surface area contributed by atoms with Gasteiger partial charge >= 0.3 is 0 Å². The van der Waals surface area contributed by atoms with E-state index in [2.05, 4.69) is 0 Å². The number of amides is 2. The van der Waals surface area contributed by atoms with E-state index in [-0.39, 0.29) is 18.2 Å². The number of hydrogen-bond acceptors (Lipinski definition) is 4. The molecule has 22 heavy (non-hydrogen) atoms. The average Bonchev–Trinajstić information content (AvgIpc) is 2.73. The summed E-state index contributed by atoms with van der Waals surface area (Å²) in [5, 5.41) is -0.394. The molecule has 2 amide bonds. The van der Waals surface area contributed by atoms with Crippen molar-refractivity contribution in [2.24, 2.45) is 0 Å². The number of benzene rings is 2.